The fraction of sp³-hybridized carbons (Fsp3) is 0.917. The van der Waals surface area contributed by atoms with Crippen molar-refractivity contribution in [3.05, 3.63) is 0 Å². The van der Waals surface area contributed by atoms with Gasteiger partial charge >= 0.3 is 0 Å². The van der Waals surface area contributed by atoms with Gasteiger partial charge in [-0.05, 0) is 5.92 Å². The topological polar surface area (TPSA) is 36.3 Å². The van der Waals surface area contributed by atoms with E-state index in [1.54, 1.807) is 7.11 Å². The van der Waals surface area contributed by atoms with Gasteiger partial charge in [0, 0.05) is 25.6 Å². The van der Waals surface area contributed by atoms with Crippen LogP contribution < -0.4 is 0 Å². The molecule has 0 aromatic carbocycles. The van der Waals surface area contributed by atoms with E-state index in [-0.39, 0.29) is 5.41 Å². The van der Waals surface area contributed by atoms with Crippen molar-refractivity contribution in [1.29, 1.82) is 5.41 Å². The summed E-state index contributed by atoms with van der Waals surface area (Å²) in [6.07, 6.45) is 0. The molecule has 0 atom stereocenters. The van der Waals surface area contributed by atoms with E-state index in [4.69, 9.17) is 10.1 Å². The molecule has 3 heteroatoms. The lowest BCUT2D eigenvalue weighted by Gasteiger charge is -2.33. The summed E-state index contributed by atoms with van der Waals surface area (Å²) in [5, 5.41) is 8.14. The van der Waals surface area contributed by atoms with Crippen molar-refractivity contribution in [2.45, 2.75) is 34.6 Å². The molecule has 0 bridgehead atoms. The summed E-state index contributed by atoms with van der Waals surface area (Å²) in [6.45, 7) is 13.0. The molecule has 0 heterocycles. The van der Waals surface area contributed by atoms with E-state index in [2.05, 4.69) is 39.5 Å². The minimum absolute atomic E-state index is 0.0807. The monoisotopic (exact) mass is 214 g/mol. The first-order chi connectivity index (χ1) is 6.79. The SMILES string of the molecule is COCCN(CC(C)C)C(=N)C(C)(C)C. The van der Waals surface area contributed by atoms with Gasteiger partial charge in [-0.25, -0.2) is 0 Å². The van der Waals surface area contributed by atoms with Crippen LogP contribution >= 0.6 is 0 Å². The molecular formula is C12H26N2O. The highest BCUT2D eigenvalue weighted by Crippen LogP contribution is 2.18. The Morgan fingerprint density at radius 1 is 1.33 bits per heavy atom. The van der Waals surface area contributed by atoms with Crippen molar-refractivity contribution in [2.75, 3.05) is 26.8 Å². The molecule has 0 aliphatic rings. The van der Waals surface area contributed by atoms with E-state index >= 15 is 0 Å². The first-order valence-corrected chi connectivity index (χ1v) is 5.62. The molecule has 0 aliphatic carbocycles. The zero-order valence-electron chi connectivity index (χ0n) is 11.1. The Hall–Kier alpha value is -0.570. The number of amidine groups is 1. The van der Waals surface area contributed by atoms with Crippen LogP contribution in [-0.4, -0.2) is 37.5 Å². The van der Waals surface area contributed by atoms with Crippen LogP contribution in [0.2, 0.25) is 0 Å². The van der Waals surface area contributed by atoms with Gasteiger partial charge in [-0.1, -0.05) is 34.6 Å². The molecule has 1 N–H and O–H groups in total. The number of nitrogens with zero attached hydrogens (tertiary/aromatic N) is 1. The normalized spacial score (nSPS) is 11.9. The van der Waals surface area contributed by atoms with Crippen LogP contribution in [0.25, 0.3) is 0 Å². The molecule has 0 aliphatic heterocycles. The second-order valence-electron chi connectivity index (χ2n) is 5.43. The van der Waals surface area contributed by atoms with E-state index in [0.717, 1.165) is 13.1 Å². The number of ether oxygens (including phenoxy) is 1. The van der Waals surface area contributed by atoms with Gasteiger partial charge in [0.15, 0.2) is 0 Å². The van der Waals surface area contributed by atoms with Gasteiger partial charge in [-0.3, -0.25) is 5.41 Å². The van der Waals surface area contributed by atoms with Crippen molar-refractivity contribution >= 4 is 5.84 Å². The molecule has 0 unspecified atom stereocenters. The molecular weight excluding hydrogens is 188 g/mol. The highest BCUT2D eigenvalue weighted by molar-refractivity contribution is 5.84. The minimum atomic E-state index is -0.0807. The fourth-order valence-corrected chi connectivity index (χ4v) is 1.41. The molecule has 0 aromatic rings. The van der Waals surface area contributed by atoms with Crippen LogP contribution in [0.4, 0.5) is 0 Å². The van der Waals surface area contributed by atoms with Crippen molar-refractivity contribution in [2.24, 2.45) is 11.3 Å². The lowest BCUT2D eigenvalue weighted by molar-refractivity contribution is 0.167. The highest BCUT2D eigenvalue weighted by atomic mass is 16.5. The molecule has 3 nitrogen and oxygen atoms in total. The van der Waals surface area contributed by atoms with E-state index in [1.165, 1.54) is 0 Å². The zero-order chi connectivity index (χ0) is 12.1. The third-order valence-electron chi connectivity index (χ3n) is 2.18. The molecule has 0 saturated carbocycles. The number of nitrogens with one attached hydrogen (secondary N) is 1. The summed E-state index contributed by atoms with van der Waals surface area (Å²) in [6, 6.07) is 0. The summed E-state index contributed by atoms with van der Waals surface area (Å²) >= 11 is 0. The van der Waals surface area contributed by atoms with Gasteiger partial charge in [0.2, 0.25) is 0 Å². The van der Waals surface area contributed by atoms with E-state index in [1.807, 2.05) is 0 Å². The molecule has 0 aromatic heterocycles. The van der Waals surface area contributed by atoms with Crippen LogP contribution in [0.5, 0.6) is 0 Å². The largest absolute Gasteiger partial charge is 0.383 e. The number of rotatable bonds is 5. The van der Waals surface area contributed by atoms with Crippen molar-refractivity contribution in [3.8, 4) is 0 Å². The molecule has 0 rings (SSSR count). The Bertz CT molecular complexity index is 194. The standard InChI is InChI=1S/C12H26N2O/c1-10(2)9-14(7-8-15-6)11(13)12(3,4)5/h10,13H,7-9H2,1-6H3. The predicted octanol–water partition coefficient (Wildman–Crippen LogP) is 2.61. The highest BCUT2D eigenvalue weighted by Gasteiger charge is 2.23. The second-order valence-corrected chi connectivity index (χ2v) is 5.43. The van der Waals surface area contributed by atoms with Crippen LogP contribution in [0.15, 0.2) is 0 Å². The Labute approximate surface area is 94.3 Å². The minimum Gasteiger partial charge on any atom is -0.383 e. The quantitative estimate of drug-likeness (QED) is 0.564. The third kappa shape index (κ3) is 5.78. The second kappa shape index (κ2) is 6.11. The lowest BCUT2D eigenvalue weighted by Crippen LogP contribution is -2.42. The Kier molecular flexibility index (Phi) is 5.88. The van der Waals surface area contributed by atoms with Gasteiger partial charge < -0.3 is 9.64 Å². The maximum absolute atomic E-state index is 8.14. The van der Waals surface area contributed by atoms with Gasteiger partial charge in [-0.2, -0.15) is 0 Å². The summed E-state index contributed by atoms with van der Waals surface area (Å²) in [5.41, 5.74) is -0.0807. The van der Waals surface area contributed by atoms with E-state index < -0.39 is 0 Å². The average Bonchev–Trinajstić information content (AvgIpc) is 2.09. The molecule has 90 valence electrons. The van der Waals surface area contributed by atoms with Gasteiger partial charge in [0.25, 0.3) is 0 Å². The maximum Gasteiger partial charge on any atom is 0.101 e. The first-order valence-electron chi connectivity index (χ1n) is 5.62. The lowest BCUT2D eigenvalue weighted by atomic mass is 9.93. The van der Waals surface area contributed by atoms with Crippen LogP contribution in [-0.2, 0) is 4.74 Å². The Morgan fingerprint density at radius 3 is 2.20 bits per heavy atom. The molecule has 15 heavy (non-hydrogen) atoms. The van der Waals surface area contributed by atoms with Gasteiger partial charge in [0.1, 0.15) is 5.84 Å². The number of hydrogen-bond acceptors (Lipinski definition) is 2. The van der Waals surface area contributed by atoms with Crippen molar-refractivity contribution in [3.63, 3.8) is 0 Å². The molecule has 0 saturated heterocycles. The maximum atomic E-state index is 8.14. The predicted molar refractivity (Wildman–Crippen MR) is 65.5 cm³/mol. The fourth-order valence-electron chi connectivity index (χ4n) is 1.41. The van der Waals surface area contributed by atoms with Gasteiger partial charge in [0.05, 0.1) is 6.61 Å². The molecule has 0 spiro atoms. The number of hydrogen-bond donors (Lipinski definition) is 1. The van der Waals surface area contributed by atoms with Gasteiger partial charge in [-0.15, -0.1) is 0 Å². The average molecular weight is 214 g/mol. The zero-order valence-corrected chi connectivity index (χ0v) is 11.1. The van der Waals surface area contributed by atoms with E-state index in [0.29, 0.717) is 18.4 Å². The van der Waals surface area contributed by atoms with Crippen LogP contribution in [0.1, 0.15) is 34.6 Å². The summed E-state index contributed by atoms with van der Waals surface area (Å²) in [7, 11) is 1.70. The molecule has 0 fully saturated rings. The van der Waals surface area contributed by atoms with Crippen molar-refractivity contribution < 1.29 is 4.74 Å². The van der Waals surface area contributed by atoms with Crippen LogP contribution in [0.3, 0.4) is 0 Å². The van der Waals surface area contributed by atoms with Crippen molar-refractivity contribution in [1.82, 2.24) is 4.90 Å². The van der Waals surface area contributed by atoms with Crippen LogP contribution in [0, 0.1) is 16.7 Å². The number of methoxy groups -OCH3 is 1. The Morgan fingerprint density at radius 2 is 1.87 bits per heavy atom. The first kappa shape index (κ1) is 14.4. The molecule has 0 radical (unpaired) electrons. The smallest absolute Gasteiger partial charge is 0.101 e. The summed E-state index contributed by atoms with van der Waals surface area (Å²) < 4.78 is 5.08. The summed E-state index contributed by atoms with van der Waals surface area (Å²) in [4.78, 5) is 2.12. The molecule has 0 amide bonds. The van der Waals surface area contributed by atoms with E-state index in [9.17, 15) is 0 Å². The summed E-state index contributed by atoms with van der Waals surface area (Å²) in [5.74, 6) is 1.28. The third-order valence-corrected chi connectivity index (χ3v) is 2.18. The Balaban J connectivity index is 4.41.